The van der Waals surface area contributed by atoms with Gasteiger partial charge in [0.1, 0.15) is 0 Å². The molecule has 0 bridgehead atoms. The maximum Gasteiger partial charge on any atom is 2.00 e. The van der Waals surface area contributed by atoms with Gasteiger partial charge in [-0.05, 0) is 12.3 Å². The number of aliphatic hydroxyl groups is 1. The third kappa shape index (κ3) is 60.7. The minimum Gasteiger partial charge on any atom is -1.00 e. The van der Waals surface area contributed by atoms with E-state index in [0.29, 0.717) is 12.5 Å². The van der Waals surface area contributed by atoms with E-state index < -0.39 is 0 Å². The summed E-state index contributed by atoms with van der Waals surface area (Å²) in [6.45, 7) is 18.2. The molecule has 45 heavy (non-hydrogen) atoms. The Morgan fingerprint density at radius 2 is 0.622 bits per heavy atom. The van der Waals surface area contributed by atoms with Gasteiger partial charge in [0.2, 0.25) is 0 Å². The van der Waals surface area contributed by atoms with Crippen LogP contribution in [0, 0.1) is 5.92 Å². The molecule has 0 rings (SSSR count). The zero-order valence-electron chi connectivity index (χ0n) is 32.1. The molecule has 3 nitrogen and oxygen atoms in total. The molecule has 1 unspecified atom stereocenters. The van der Waals surface area contributed by atoms with E-state index in [1.54, 1.807) is 0 Å². The van der Waals surface area contributed by atoms with Crippen molar-refractivity contribution in [1.29, 1.82) is 0 Å². The van der Waals surface area contributed by atoms with Crippen LogP contribution < -0.4 is 12.4 Å². The SMILES string of the molecule is CCCCC(CC)CO.CCCCCCCC[N-]CCCCCCCC.CCCCCCCC[N-]CCCCCCCC.[Cl-].[Ti+2]. The third-order valence-corrected chi connectivity index (χ3v) is 8.48. The van der Waals surface area contributed by atoms with Gasteiger partial charge in [-0.1, -0.05) is 215 Å². The summed E-state index contributed by atoms with van der Waals surface area (Å²) in [5, 5.41) is 18.0. The predicted molar refractivity (Wildman–Crippen MR) is 200 cm³/mol. The van der Waals surface area contributed by atoms with Crippen LogP contribution in [0.1, 0.15) is 221 Å². The topological polar surface area (TPSA) is 48.4 Å². The Morgan fingerprint density at radius 3 is 0.844 bits per heavy atom. The monoisotopic (exact) mass is 694 g/mol. The van der Waals surface area contributed by atoms with Crippen LogP contribution in [-0.4, -0.2) is 37.9 Å². The normalized spacial score (nSPS) is 11.0. The van der Waals surface area contributed by atoms with E-state index in [1.165, 1.54) is 173 Å². The summed E-state index contributed by atoms with van der Waals surface area (Å²) in [7, 11) is 0. The molecule has 0 aromatic heterocycles. The fourth-order valence-electron chi connectivity index (χ4n) is 5.16. The molecule has 0 heterocycles. The van der Waals surface area contributed by atoms with Crippen LogP contribution in [0.4, 0.5) is 0 Å². The largest absolute Gasteiger partial charge is 2.00 e. The Bertz CT molecular complexity index is 369. The van der Waals surface area contributed by atoms with Crippen LogP contribution in [0.15, 0.2) is 0 Å². The van der Waals surface area contributed by atoms with Crippen molar-refractivity contribution in [2.45, 2.75) is 221 Å². The van der Waals surface area contributed by atoms with Gasteiger partial charge in [-0.25, -0.2) is 0 Å². The van der Waals surface area contributed by atoms with E-state index in [-0.39, 0.29) is 34.1 Å². The van der Waals surface area contributed by atoms with Gasteiger partial charge in [0.05, 0.1) is 0 Å². The second kappa shape index (κ2) is 57.2. The van der Waals surface area contributed by atoms with Crippen LogP contribution in [0.3, 0.4) is 0 Å². The van der Waals surface area contributed by atoms with E-state index in [4.69, 9.17) is 5.11 Å². The number of nitrogens with zero attached hydrogens (tertiary/aromatic N) is 2. The Morgan fingerprint density at radius 1 is 0.378 bits per heavy atom. The second-order valence-corrected chi connectivity index (χ2v) is 13.0. The first-order chi connectivity index (χ1) is 21.2. The van der Waals surface area contributed by atoms with E-state index in [1.807, 2.05) is 0 Å². The Balaban J connectivity index is -0.000000182. The quantitative estimate of drug-likeness (QED) is 0.0540. The molecule has 0 saturated heterocycles. The average Bonchev–Trinajstić information content (AvgIpc) is 3.03. The molecule has 1 atom stereocenters. The summed E-state index contributed by atoms with van der Waals surface area (Å²) in [6.07, 6.45) is 38.1. The van der Waals surface area contributed by atoms with E-state index in [2.05, 4.69) is 52.2 Å². The number of aliphatic hydroxyl groups excluding tert-OH is 1. The molecule has 274 valence electrons. The third-order valence-electron chi connectivity index (χ3n) is 8.48. The number of halogens is 1. The molecule has 0 aromatic carbocycles. The summed E-state index contributed by atoms with van der Waals surface area (Å²) < 4.78 is 0. The van der Waals surface area contributed by atoms with Gasteiger partial charge >= 0.3 is 21.7 Å². The number of rotatable bonds is 33. The summed E-state index contributed by atoms with van der Waals surface area (Å²) in [4.78, 5) is 0. The molecule has 0 radical (unpaired) electrons. The van der Waals surface area contributed by atoms with Crippen molar-refractivity contribution in [2.24, 2.45) is 5.92 Å². The molecular weight excluding hydrogens is 608 g/mol. The molecule has 0 saturated carbocycles. The summed E-state index contributed by atoms with van der Waals surface area (Å²) >= 11 is 0. The summed E-state index contributed by atoms with van der Waals surface area (Å²) in [5.74, 6) is 0.560. The number of hydrogen-bond donors (Lipinski definition) is 1. The second-order valence-electron chi connectivity index (χ2n) is 13.0. The number of unbranched alkanes of at least 4 members (excludes halogenated alkanes) is 21. The molecular formula is C40H86ClN2OTi-. The van der Waals surface area contributed by atoms with Gasteiger partial charge in [0, 0.05) is 6.61 Å². The van der Waals surface area contributed by atoms with Gasteiger partial charge in [-0.3, -0.25) is 0 Å². The van der Waals surface area contributed by atoms with Gasteiger partial charge in [-0.2, -0.15) is 0 Å². The maximum atomic E-state index is 8.75. The Labute approximate surface area is 308 Å². The van der Waals surface area contributed by atoms with E-state index in [0.717, 1.165) is 32.6 Å². The first kappa shape index (κ1) is 55.3. The van der Waals surface area contributed by atoms with Crippen LogP contribution in [0.5, 0.6) is 0 Å². The van der Waals surface area contributed by atoms with Crippen molar-refractivity contribution >= 4 is 0 Å². The Hall–Kier alpha value is 0.884. The molecule has 0 fully saturated rings. The predicted octanol–water partition coefficient (Wildman–Crippen LogP) is 11.4. The molecule has 0 spiro atoms. The minimum atomic E-state index is 0. The molecule has 0 aliphatic heterocycles. The van der Waals surface area contributed by atoms with Crippen LogP contribution in [0.25, 0.3) is 10.6 Å². The molecule has 0 aliphatic carbocycles. The molecule has 5 heteroatoms. The zero-order valence-corrected chi connectivity index (χ0v) is 34.4. The van der Waals surface area contributed by atoms with Crippen LogP contribution >= 0.6 is 0 Å². The van der Waals surface area contributed by atoms with E-state index >= 15 is 0 Å². The van der Waals surface area contributed by atoms with E-state index in [9.17, 15) is 0 Å². The fraction of sp³-hybridized carbons (Fsp3) is 1.00. The standard InChI is InChI=1S/2C16H34N.C8H18O.ClH.Ti/c2*1-3-5-7-9-11-13-15-17-16-14-12-10-8-6-4-2;1-3-5-6-8(4-2)7-9;;/h2*3-16H2,1-2H3;8-9H,3-7H2,1-2H3;1H;/q2*-1;;;+2/p-1. The van der Waals surface area contributed by atoms with Gasteiger partial charge in [0.25, 0.3) is 0 Å². The first-order valence-electron chi connectivity index (χ1n) is 20.0. The molecule has 0 amide bonds. The van der Waals surface area contributed by atoms with Gasteiger partial charge in [-0.15, -0.1) is 26.2 Å². The van der Waals surface area contributed by atoms with Crippen molar-refractivity contribution in [2.75, 3.05) is 32.8 Å². The maximum absolute atomic E-state index is 8.75. The van der Waals surface area contributed by atoms with Crippen molar-refractivity contribution in [3.63, 3.8) is 0 Å². The van der Waals surface area contributed by atoms with Crippen molar-refractivity contribution in [3.8, 4) is 0 Å². The van der Waals surface area contributed by atoms with Gasteiger partial charge < -0.3 is 28.1 Å². The molecule has 0 aromatic rings. The van der Waals surface area contributed by atoms with Crippen molar-refractivity contribution in [1.82, 2.24) is 0 Å². The summed E-state index contributed by atoms with van der Waals surface area (Å²) in [6, 6.07) is 0. The number of hydrogen-bond acceptors (Lipinski definition) is 1. The minimum absolute atomic E-state index is 0. The van der Waals surface area contributed by atoms with Gasteiger partial charge in [0.15, 0.2) is 0 Å². The first-order valence-corrected chi connectivity index (χ1v) is 20.0. The summed E-state index contributed by atoms with van der Waals surface area (Å²) in [5.41, 5.74) is 0. The Kier molecular flexibility index (Phi) is 70.3. The zero-order chi connectivity index (χ0) is 32.3. The van der Waals surface area contributed by atoms with Crippen LogP contribution in [-0.2, 0) is 21.7 Å². The van der Waals surface area contributed by atoms with Crippen molar-refractivity contribution in [3.05, 3.63) is 10.6 Å². The smallest absolute Gasteiger partial charge is 1.00 e. The van der Waals surface area contributed by atoms with Crippen LogP contribution in [0.2, 0.25) is 0 Å². The molecule has 0 aliphatic rings. The van der Waals surface area contributed by atoms with Crippen molar-refractivity contribution < 1.29 is 39.2 Å². The fourth-order valence-corrected chi connectivity index (χ4v) is 5.16. The molecule has 1 N–H and O–H groups in total. The average molecular weight is 694 g/mol.